The molecular weight excluding hydrogens is 330 g/mol. The molecule has 0 bridgehead atoms. The lowest BCUT2D eigenvalue weighted by Gasteiger charge is -2.38. The van der Waals surface area contributed by atoms with Crippen molar-refractivity contribution < 1.29 is 4.79 Å². The maximum absolute atomic E-state index is 12.8. The zero-order valence-corrected chi connectivity index (χ0v) is 16.1. The van der Waals surface area contributed by atoms with Gasteiger partial charge in [-0.2, -0.15) is 0 Å². The van der Waals surface area contributed by atoms with Crippen molar-refractivity contribution in [3.8, 4) is 0 Å². The Labute approximate surface area is 154 Å². The first-order valence-corrected chi connectivity index (χ1v) is 9.97. The van der Waals surface area contributed by atoms with Gasteiger partial charge in [0.2, 0.25) is 5.91 Å². The Morgan fingerprint density at radius 1 is 1.28 bits per heavy atom. The van der Waals surface area contributed by atoms with Crippen molar-refractivity contribution in [2.24, 2.45) is 0 Å². The van der Waals surface area contributed by atoms with Crippen molar-refractivity contribution in [2.45, 2.75) is 58.2 Å². The van der Waals surface area contributed by atoms with E-state index in [0.29, 0.717) is 0 Å². The van der Waals surface area contributed by atoms with Gasteiger partial charge in [0.05, 0.1) is 18.1 Å². The van der Waals surface area contributed by atoms with Crippen LogP contribution in [0.3, 0.4) is 0 Å². The van der Waals surface area contributed by atoms with Crippen LogP contribution in [0.2, 0.25) is 0 Å². The van der Waals surface area contributed by atoms with Crippen molar-refractivity contribution in [3.63, 3.8) is 0 Å². The minimum Gasteiger partial charge on any atom is -0.348 e. The van der Waals surface area contributed by atoms with Crippen LogP contribution in [0.4, 0.5) is 0 Å². The number of carbonyl (C=O) groups is 1. The molecule has 0 saturated carbocycles. The number of rotatable bonds is 5. The van der Waals surface area contributed by atoms with Crippen LogP contribution < -0.4 is 5.32 Å². The quantitative estimate of drug-likeness (QED) is 0.870. The Morgan fingerprint density at radius 3 is 2.72 bits per heavy atom. The first-order chi connectivity index (χ1) is 12.1. The summed E-state index contributed by atoms with van der Waals surface area (Å²) in [6.45, 7) is 7.05. The van der Waals surface area contributed by atoms with Gasteiger partial charge in [0.25, 0.3) is 0 Å². The Hall–Kier alpha value is -1.72. The molecule has 1 aromatic heterocycles. The molecule has 1 aliphatic rings. The second-order valence-electron chi connectivity index (χ2n) is 6.89. The monoisotopic (exact) mass is 357 g/mol. The van der Waals surface area contributed by atoms with Crippen molar-refractivity contribution >= 4 is 17.2 Å². The van der Waals surface area contributed by atoms with Gasteiger partial charge in [-0.1, -0.05) is 36.8 Å². The van der Waals surface area contributed by atoms with Crippen LogP contribution in [0, 0.1) is 6.92 Å². The number of carbonyl (C=O) groups excluding carboxylic acids is 1. The van der Waals surface area contributed by atoms with Gasteiger partial charge < -0.3 is 5.32 Å². The maximum atomic E-state index is 12.8. The molecule has 0 aliphatic carbocycles. The van der Waals surface area contributed by atoms with Gasteiger partial charge in [0.15, 0.2) is 0 Å². The molecule has 4 nitrogen and oxygen atoms in total. The molecule has 0 radical (unpaired) electrons. The third-order valence-electron chi connectivity index (χ3n) is 5.00. The van der Waals surface area contributed by atoms with E-state index in [0.717, 1.165) is 35.7 Å². The number of aryl methyl sites for hydroxylation is 1. The fourth-order valence-corrected chi connectivity index (χ4v) is 4.47. The second kappa shape index (κ2) is 8.11. The smallest absolute Gasteiger partial charge is 0.237 e. The van der Waals surface area contributed by atoms with Crippen LogP contribution >= 0.6 is 11.3 Å². The molecule has 5 heteroatoms. The lowest BCUT2D eigenvalue weighted by molar-refractivity contribution is -0.128. The summed E-state index contributed by atoms with van der Waals surface area (Å²) < 4.78 is 0. The molecular formula is C20H27N3OS. The Balaban J connectivity index is 1.69. The fraction of sp³-hybridized carbons (Fsp3) is 0.500. The number of nitrogens with zero attached hydrogens (tertiary/aromatic N) is 2. The van der Waals surface area contributed by atoms with Crippen LogP contribution in [-0.4, -0.2) is 28.4 Å². The van der Waals surface area contributed by atoms with E-state index in [2.05, 4.69) is 32.7 Å². The average molecular weight is 358 g/mol. The molecule has 1 fully saturated rings. The van der Waals surface area contributed by atoms with Gasteiger partial charge in [0.1, 0.15) is 5.01 Å². The molecule has 0 spiro atoms. The summed E-state index contributed by atoms with van der Waals surface area (Å²) in [5.41, 5.74) is 2.20. The number of hydrogen-bond acceptors (Lipinski definition) is 4. The number of aromatic nitrogens is 1. The standard InChI is InChI=1S/C20H27N3OS/c1-14-13-25-20(21-14)18-11-7-8-12-23(18)16(3)19(24)22-15(2)17-9-5-4-6-10-17/h4-6,9-10,13,15-16,18H,7-8,11-12H2,1-3H3,(H,22,24)/t15-,16-,18-/m0/s1. The Kier molecular flexibility index (Phi) is 5.86. The lowest BCUT2D eigenvalue weighted by Crippen LogP contribution is -2.48. The topological polar surface area (TPSA) is 45.2 Å². The van der Waals surface area contributed by atoms with Crippen molar-refractivity contribution in [1.82, 2.24) is 15.2 Å². The van der Waals surface area contributed by atoms with E-state index in [4.69, 9.17) is 0 Å². The van der Waals surface area contributed by atoms with E-state index in [1.807, 2.05) is 39.0 Å². The van der Waals surface area contributed by atoms with Crippen LogP contribution in [0.1, 0.15) is 61.5 Å². The number of nitrogens with one attached hydrogen (secondary N) is 1. The Morgan fingerprint density at radius 2 is 2.04 bits per heavy atom. The lowest BCUT2D eigenvalue weighted by atomic mass is 10.00. The highest BCUT2D eigenvalue weighted by Crippen LogP contribution is 2.34. The number of piperidine rings is 1. The number of hydrogen-bond donors (Lipinski definition) is 1. The summed E-state index contributed by atoms with van der Waals surface area (Å²) in [5, 5.41) is 6.42. The maximum Gasteiger partial charge on any atom is 0.237 e. The van der Waals surface area contributed by atoms with E-state index in [-0.39, 0.29) is 24.0 Å². The highest BCUT2D eigenvalue weighted by Gasteiger charge is 2.33. The van der Waals surface area contributed by atoms with Crippen molar-refractivity contribution in [3.05, 3.63) is 52.0 Å². The van der Waals surface area contributed by atoms with Gasteiger partial charge in [0, 0.05) is 11.1 Å². The molecule has 1 aromatic carbocycles. The molecule has 0 unspecified atom stereocenters. The third-order valence-corrected chi connectivity index (χ3v) is 6.07. The van der Waals surface area contributed by atoms with E-state index < -0.39 is 0 Å². The number of amides is 1. The second-order valence-corrected chi connectivity index (χ2v) is 7.78. The molecule has 134 valence electrons. The van der Waals surface area contributed by atoms with E-state index >= 15 is 0 Å². The van der Waals surface area contributed by atoms with Crippen LogP contribution in [0.15, 0.2) is 35.7 Å². The average Bonchev–Trinajstić information content (AvgIpc) is 3.08. The number of thiazole rings is 1. The summed E-state index contributed by atoms with van der Waals surface area (Å²) >= 11 is 1.72. The molecule has 1 N–H and O–H groups in total. The predicted molar refractivity (Wildman–Crippen MR) is 103 cm³/mol. The Bertz CT molecular complexity index is 700. The summed E-state index contributed by atoms with van der Waals surface area (Å²) in [4.78, 5) is 19.8. The zero-order valence-electron chi connectivity index (χ0n) is 15.2. The van der Waals surface area contributed by atoms with Gasteiger partial charge in [-0.3, -0.25) is 9.69 Å². The molecule has 2 aromatic rings. The minimum absolute atomic E-state index is 0.0153. The zero-order chi connectivity index (χ0) is 17.8. The number of benzene rings is 1. The summed E-state index contributed by atoms with van der Waals surface area (Å²) in [6.07, 6.45) is 3.43. The first-order valence-electron chi connectivity index (χ1n) is 9.09. The van der Waals surface area contributed by atoms with E-state index in [1.54, 1.807) is 11.3 Å². The molecule has 3 rings (SSSR count). The van der Waals surface area contributed by atoms with Crippen molar-refractivity contribution in [2.75, 3.05) is 6.54 Å². The van der Waals surface area contributed by atoms with Gasteiger partial charge in [-0.15, -0.1) is 11.3 Å². The molecule has 25 heavy (non-hydrogen) atoms. The van der Waals surface area contributed by atoms with Gasteiger partial charge in [-0.05, 0) is 45.7 Å². The normalized spacial score (nSPS) is 20.8. The number of likely N-dealkylation sites (tertiary alicyclic amines) is 1. The third kappa shape index (κ3) is 4.28. The SMILES string of the molecule is Cc1csc([C@@H]2CCCCN2[C@@H](C)C(=O)N[C@@H](C)c2ccccc2)n1. The van der Waals surface area contributed by atoms with Crippen molar-refractivity contribution in [1.29, 1.82) is 0 Å². The fourth-order valence-electron chi connectivity index (χ4n) is 3.52. The summed E-state index contributed by atoms with van der Waals surface area (Å²) in [6, 6.07) is 10.2. The molecule has 2 heterocycles. The highest BCUT2D eigenvalue weighted by molar-refractivity contribution is 7.09. The molecule has 1 aliphatic heterocycles. The van der Waals surface area contributed by atoms with E-state index in [1.165, 1.54) is 6.42 Å². The molecule has 1 saturated heterocycles. The largest absolute Gasteiger partial charge is 0.348 e. The summed E-state index contributed by atoms with van der Waals surface area (Å²) in [7, 11) is 0. The van der Waals surface area contributed by atoms with Gasteiger partial charge in [-0.25, -0.2) is 4.98 Å². The summed E-state index contributed by atoms with van der Waals surface area (Å²) in [5.74, 6) is 0.0940. The molecule has 3 atom stereocenters. The van der Waals surface area contributed by atoms with Crippen LogP contribution in [-0.2, 0) is 4.79 Å². The first kappa shape index (κ1) is 18.1. The molecule has 1 amide bonds. The predicted octanol–water partition coefficient (Wildman–Crippen LogP) is 4.24. The van der Waals surface area contributed by atoms with Crippen LogP contribution in [0.25, 0.3) is 0 Å². The highest BCUT2D eigenvalue weighted by atomic mass is 32.1. The minimum atomic E-state index is -0.152. The van der Waals surface area contributed by atoms with Crippen LogP contribution in [0.5, 0.6) is 0 Å². The van der Waals surface area contributed by atoms with E-state index in [9.17, 15) is 4.79 Å². The van der Waals surface area contributed by atoms with Gasteiger partial charge >= 0.3 is 0 Å².